The standard InChI is InChI=1S/C20H18N2O4/c23-20(17-8-4-9-18(14-17)22(24)25)21(15-19-10-5-13-26-19)12-11-16-6-2-1-3-7-16/h1-10,13-14H,11-12,15H2. The first kappa shape index (κ1) is 17.4. The highest BCUT2D eigenvalue weighted by Gasteiger charge is 2.19. The average Bonchev–Trinajstić information content (AvgIpc) is 3.18. The number of nitrogens with zero attached hydrogens (tertiary/aromatic N) is 2. The highest BCUT2D eigenvalue weighted by Crippen LogP contribution is 2.17. The summed E-state index contributed by atoms with van der Waals surface area (Å²) in [5, 5.41) is 11.0. The number of furan rings is 1. The van der Waals surface area contributed by atoms with Crippen LogP contribution in [0.2, 0.25) is 0 Å². The highest BCUT2D eigenvalue weighted by atomic mass is 16.6. The molecule has 0 N–H and O–H groups in total. The van der Waals surface area contributed by atoms with Gasteiger partial charge < -0.3 is 9.32 Å². The van der Waals surface area contributed by atoms with Crippen LogP contribution in [0.5, 0.6) is 0 Å². The lowest BCUT2D eigenvalue weighted by Crippen LogP contribution is -2.32. The Morgan fingerprint density at radius 2 is 1.85 bits per heavy atom. The monoisotopic (exact) mass is 350 g/mol. The van der Waals surface area contributed by atoms with Crippen LogP contribution in [0.25, 0.3) is 0 Å². The van der Waals surface area contributed by atoms with Crippen molar-refractivity contribution >= 4 is 11.6 Å². The summed E-state index contributed by atoms with van der Waals surface area (Å²) in [7, 11) is 0. The van der Waals surface area contributed by atoms with E-state index in [1.54, 1.807) is 29.4 Å². The van der Waals surface area contributed by atoms with Gasteiger partial charge in [0.2, 0.25) is 0 Å². The minimum absolute atomic E-state index is 0.100. The van der Waals surface area contributed by atoms with E-state index in [-0.39, 0.29) is 11.6 Å². The third-order valence-electron chi connectivity index (χ3n) is 4.03. The molecule has 0 spiro atoms. The normalized spacial score (nSPS) is 10.5. The van der Waals surface area contributed by atoms with Crippen LogP contribution in [-0.4, -0.2) is 22.3 Å². The number of non-ortho nitro benzene ring substituents is 1. The Labute approximate surface area is 150 Å². The Morgan fingerprint density at radius 3 is 2.54 bits per heavy atom. The zero-order valence-corrected chi connectivity index (χ0v) is 14.1. The van der Waals surface area contributed by atoms with Crippen molar-refractivity contribution in [2.45, 2.75) is 13.0 Å². The van der Waals surface area contributed by atoms with Crippen LogP contribution in [-0.2, 0) is 13.0 Å². The van der Waals surface area contributed by atoms with E-state index in [9.17, 15) is 14.9 Å². The Kier molecular flexibility index (Phi) is 5.43. The number of hydrogen-bond acceptors (Lipinski definition) is 4. The van der Waals surface area contributed by atoms with Gasteiger partial charge in [-0.2, -0.15) is 0 Å². The average molecular weight is 350 g/mol. The van der Waals surface area contributed by atoms with Crippen LogP contribution < -0.4 is 0 Å². The molecule has 6 heteroatoms. The Bertz CT molecular complexity index is 876. The van der Waals surface area contributed by atoms with Crippen LogP contribution in [0.4, 0.5) is 5.69 Å². The molecule has 1 aromatic heterocycles. The lowest BCUT2D eigenvalue weighted by atomic mass is 10.1. The molecular weight excluding hydrogens is 332 g/mol. The molecule has 0 saturated carbocycles. The number of amides is 1. The van der Waals surface area contributed by atoms with E-state index in [0.717, 1.165) is 5.56 Å². The van der Waals surface area contributed by atoms with Gasteiger partial charge in [-0.1, -0.05) is 36.4 Å². The maximum absolute atomic E-state index is 12.9. The molecule has 0 unspecified atom stereocenters. The van der Waals surface area contributed by atoms with Gasteiger partial charge in [0.1, 0.15) is 5.76 Å². The fourth-order valence-electron chi connectivity index (χ4n) is 2.69. The molecule has 3 rings (SSSR count). The van der Waals surface area contributed by atoms with E-state index in [1.165, 1.54) is 18.2 Å². The predicted octanol–water partition coefficient (Wildman–Crippen LogP) is 4.07. The third-order valence-corrected chi connectivity index (χ3v) is 4.03. The van der Waals surface area contributed by atoms with Crippen molar-refractivity contribution in [1.82, 2.24) is 4.90 Å². The number of benzene rings is 2. The molecule has 1 heterocycles. The van der Waals surface area contributed by atoms with E-state index in [2.05, 4.69) is 0 Å². The van der Waals surface area contributed by atoms with Crippen LogP contribution in [0.1, 0.15) is 21.7 Å². The van der Waals surface area contributed by atoms with Crippen molar-refractivity contribution < 1.29 is 14.1 Å². The van der Waals surface area contributed by atoms with Crippen molar-refractivity contribution in [2.24, 2.45) is 0 Å². The second-order valence-corrected chi connectivity index (χ2v) is 5.85. The summed E-state index contributed by atoms with van der Waals surface area (Å²) < 4.78 is 5.36. The summed E-state index contributed by atoms with van der Waals surface area (Å²) in [6.45, 7) is 0.785. The minimum atomic E-state index is -0.502. The summed E-state index contributed by atoms with van der Waals surface area (Å²) in [6.07, 6.45) is 2.24. The molecule has 26 heavy (non-hydrogen) atoms. The lowest BCUT2D eigenvalue weighted by Gasteiger charge is -2.22. The van der Waals surface area contributed by atoms with Gasteiger partial charge in [-0.25, -0.2) is 0 Å². The number of nitro benzene ring substituents is 1. The fourth-order valence-corrected chi connectivity index (χ4v) is 2.69. The fraction of sp³-hybridized carbons (Fsp3) is 0.150. The molecule has 0 aliphatic carbocycles. The number of carbonyl (C=O) groups is 1. The topological polar surface area (TPSA) is 76.6 Å². The number of rotatable bonds is 7. The molecule has 6 nitrogen and oxygen atoms in total. The molecule has 132 valence electrons. The van der Waals surface area contributed by atoms with E-state index in [4.69, 9.17) is 4.42 Å². The first-order valence-electron chi connectivity index (χ1n) is 8.23. The maximum atomic E-state index is 12.9. The van der Waals surface area contributed by atoms with Gasteiger partial charge in [-0.3, -0.25) is 14.9 Å². The van der Waals surface area contributed by atoms with Gasteiger partial charge in [0, 0.05) is 24.2 Å². The Morgan fingerprint density at radius 1 is 1.04 bits per heavy atom. The molecular formula is C20H18N2O4. The second-order valence-electron chi connectivity index (χ2n) is 5.85. The smallest absolute Gasteiger partial charge is 0.270 e. The largest absolute Gasteiger partial charge is 0.467 e. The van der Waals surface area contributed by atoms with Gasteiger partial charge in [-0.15, -0.1) is 0 Å². The highest BCUT2D eigenvalue weighted by molar-refractivity contribution is 5.94. The van der Waals surface area contributed by atoms with E-state index in [1.807, 2.05) is 30.3 Å². The molecule has 0 saturated heterocycles. The van der Waals surface area contributed by atoms with Gasteiger partial charge >= 0.3 is 0 Å². The van der Waals surface area contributed by atoms with E-state index in [0.29, 0.717) is 30.8 Å². The summed E-state index contributed by atoms with van der Waals surface area (Å²) in [5.74, 6) is 0.401. The van der Waals surface area contributed by atoms with Gasteiger partial charge in [0.05, 0.1) is 17.7 Å². The molecule has 0 bridgehead atoms. The van der Waals surface area contributed by atoms with Crippen molar-refractivity contribution in [3.05, 3.63) is 100.0 Å². The molecule has 3 aromatic rings. The van der Waals surface area contributed by atoms with Gasteiger partial charge in [0.15, 0.2) is 0 Å². The zero-order chi connectivity index (χ0) is 18.4. The summed E-state index contributed by atoms with van der Waals surface area (Å²) in [6, 6.07) is 19.2. The molecule has 0 atom stereocenters. The Hall–Kier alpha value is -3.41. The van der Waals surface area contributed by atoms with E-state index < -0.39 is 4.92 Å². The minimum Gasteiger partial charge on any atom is -0.467 e. The second kappa shape index (κ2) is 8.11. The van der Waals surface area contributed by atoms with Crippen LogP contribution in [0.3, 0.4) is 0 Å². The SMILES string of the molecule is O=C(c1cccc([N+](=O)[O-])c1)N(CCc1ccccc1)Cc1ccco1. The number of hydrogen-bond donors (Lipinski definition) is 0. The van der Waals surface area contributed by atoms with Crippen LogP contribution in [0.15, 0.2) is 77.4 Å². The van der Waals surface area contributed by atoms with E-state index >= 15 is 0 Å². The summed E-state index contributed by atoms with van der Waals surface area (Å²) in [5.41, 5.74) is 1.31. The quantitative estimate of drug-likeness (QED) is 0.475. The third kappa shape index (κ3) is 4.36. The van der Waals surface area contributed by atoms with Crippen molar-refractivity contribution in [2.75, 3.05) is 6.54 Å². The molecule has 1 amide bonds. The van der Waals surface area contributed by atoms with Crippen molar-refractivity contribution in [3.8, 4) is 0 Å². The summed E-state index contributed by atoms with van der Waals surface area (Å²) in [4.78, 5) is 25.0. The van der Waals surface area contributed by atoms with Gasteiger partial charge in [0.25, 0.3) is 11.6 Å². The summed E-state index contributed by atoms with van der Waals surface area (Å²) >= 11 is 0. The molecule has 0 fully saturated rings. The van der Waals surface area contributed by atoms with Crippen LogP contribution in [0, 0.1) is 10.1 Å². The first-order valence-corrected chi connectivity index (χ1v) is 8.23. The van der Waals surface area contributed by atoms with Crippen LogP contribution >= 0.6 is 0 Å². The number of carbonyl (C=O) groups excluding carboxylic acids is 1. The first-order chi connectivity index (χ1) is 12.6. The molecule has 0 radical (unpaired) electrons. The predicted molar refractivity (Wildman–Crippen MR) is 96.7 cm³/mol. The molecule has 0 aliphatic rings. The maximum Gasteiger partial charge on any atom is 0.270 e. The van der Waals surface area contributed by atoms with Gasteiger partial charge in [-0.05, 0) is 30.2 Å². The van der Waals surface area contributed by atoms with Crippen molar-refractivity contribution in [1.29, 1.82) is 0 Å². The molecule has 2 aromatic carbocycles. The van der Waals surface area contributed by atoms with Crippen molar-refractivity contribution in [3.63, 3.8) is 0 Å². The zero-order valence-electron chi connectivity index (χ0n) is 14.1. The molecule has 0 aliphatic heterocycles. The Balaban J connectivity index is 1.80. The number of nitro groups is 1. The lowest BCUT2D eigenvalue weighted by molar-refractivity contribution is -0.384.